The molecular weight excluding hydrogens is 314 g/mol. The first-order valence-electron chi connectivity index (χ1n) is 5.73. The molecule has 1 aromatic rings. The van der Waals surface area contributed by atoms with Gasteiger partial charge in [-0.3, -0.25) is 19.3 Å². The molecule has 1 aliphatic rings. The van der Waals surface area contributed by atoms with Crippen molar-refractivity contribution in [3.8, 4) is 5.75 Å². The number of halogens is 1. The molecule has 0 bridgehead atoms. The van der Waals surface area contributed by atoms with Crippen LogP contribution in [0.2, 0.25) is 0 Å². The molecule has 1 aliphatic heterocycles. The molecule has 0 spiro atoms. The molecule has 0 aliphatic carbocycles. The van der Waals surface area contributed by atoms with Crippen LogP contribution in [0.15, 0.2) is 22.7 Å². The highest BCUT2D eigenvalue weighted by Crippen LogP contribution is 2.26. The zero-order chi connectivity index (χ0) is 14.0. The SMILES string of the molecule is COc1ccc(C(=O)CN2C(=O)CCC2=O)cc1Br. The van der Waals surface area contributed by atoms with Crippen molar-refractivity contribution in [2.24, 2.45) is 0 Å². The van der Waals surface area contributed by atoms with Crippen molar-refractivity contribution >= 4 is 33.5 Å². The van der Waals surface area contributed by atoms with E-state index in [1.165, 1.54) is 7.11 Å². The standard InChI is InChI=1S/C13H12BrNO4/c1-19-11-3-2-8(6-9(11)14)10(16)7-15-12(17)4-5-13(15)18/h2-3,6H,4-5,7H2,1H3. The fraction of sp³-hybridized carbons (Fsp3) is 0.308. The van der Waals surface area contributed by atoms with Gasteiger partial charge >= 0.3 is 0 Å². The quantitative estimate of drug-likeness (QED) is 0.625. The largest absolute Gasteiger partial charge is 0.496 e. The van der Waals surface area contributed by atoms with Crippen molar-refractivity contribution in [3.63, 3.8) is 0 Å². The number of methoxy groups -OCH3 is 1. The first kappa shape index (κ1) is 13.7. The lowest BCUT2D eigenvalue weighted by atomic mass is 10.1. The van der Waals surface area contributed by atoms with Crippen molar-refractivity contribution in [3.05, 3.63) is 28.2 Å². The van der Waals surface area contributed by atoms with E-state index in [9.17, 15) is 14.4 Å². The summed E-state index contributed by atoms with van der Waals surface area (Å²) in [6, 6.07) is 4.88. The summed E-state index contributed by atoms with van der Waals surface area (Å²) in [6.45, 7) is -0.198. The van der Waals surface area contributed by atoms with Gasteiger partial charge in [0.2, 0.25) is 11.8 Å². The summed E-state index contributed by atoms with van der Waals surface area (Å²) in [5.74, 6) is -0.228. The number of imide groups is 1. The molecule has 0 unspecified atom stereocenters. The fourth-order valence-corrected chi connectivity index (χ4v) is 2.41. The predicted molar refractivity (Wildman–Crippen MR) is 71.0 cm³/mol. The number of ketones is 1. The molecule has 0 aromatic heterocycles. The Hall–Kier alpha value is -1.69. The van der Waals surface area contributed by atoms with E-state index in [0.717, 1.165) is 4.90 Å². The summed E-state index contributed by atoms with van der Waals surface area (Å²) < 4.78 is 5.72. The number of amides is 2. The van der Waals surface area contributed by atoms with Crippen LogP contribution in [-0.4, -0.2) is 36.2 Å². The summed E-state index contributed by atoms with van der Waals surface area (Å²) in [5.41, 5.74) is 0.431. The molecule has 5 nitrogen and oxygen atoms in total. The number of hydrogen-bond donors (Lipinski definition) is 0. The number of carbonyl (C=O) groups is 3. The number of rotatable bonds is 4. The summed E-state index contributed by atoms with van der Waals surface area (Å²) in [5, 5.41) is 0. The topological polar surface area (TPSA) is 63.7 Å². The molecule has 1 fully saturated rings. The lowest BCUT2D eigenvalue weighted by Gasteiger charge is -2.13. The summed E-state index contributed by atoms with van der Waals surface area (Å²) in [7, 11) is 1.53. The maximum Gasteiger partial charge on any atom is 0.230 e. The molecule has 1 aromatic carbocycles. The van der Waals surface area contributed by atoms with Gasteiger partial charge in [-0.1, -0.05) is 0 Å². The lowest BCUT2D eigenvalue weighted by Crippen LogP contribution is -2.34. The second-order valence-electron chi connectivity index (χ2n) is 4.15. The van der Waals surface area contributed by atoms with Gasteiger partial charge in [-0.25, -0.2) is 0 Å². The third-order valence-corrected chi connectivity index (χ3v) is 3.55. The fourth-order valence-electron chi connectivity index (χ4n) is 1.87. The number of carbonyl (C=O) groups excluding carboxylic acids is 3. The van der Waals surface area contributed by atoms with Crippen LogP contribution in [0.25, 0.3) is 0 Å². The van der Waals surface area contributed by atoms with Gasteiger partial charge in [-0.15, -0.1) is 0 Å². The van der Waals surface area contributed by atoms with Crippen molar-refractivity contribution in [2.75, 3.05) is 13.7 Å². The van der Waals surface area contributed by atoms with E-state index in [-0.39, 0.29) is 37.0 Å². The summed E-state index contributed by atoms with van der Waals surface area (Å²) >= 11 is 3.29. The Balaban J connectivity index is 2.14. The van der Waals surface area contributed by atoms with E-state index >= 15 is 0 Å². The van der Waals surface area contributed by atoms with Crippen LogP contribution in [0.1, 0.15) is 23.2 Å². The third kappa shape index (κ3) is 2.84. The number of benzene rings is 1. The Morgan fingerprint density at radius 1 is 1.32 bits per heavy atom. The van der Waals surface area contributed by atoms with Crippen LogP contribution in [0.5, 0.6) is 5.75 Å². The zero-order valence-electron chi connectivity index (χ0n) is 10.3. The number of nitrogens with zero attached hydrogens (tertiary/aromatic N) is 1. The Morgan fingerprint density at radius 3 is 2.47 bits per heavy atom. The molecule has 1 saturated heterocycles. The van der Waals surface area contributed by atoms with Gasteiger partial charge in [0.25, 0.3) is 0 Å². The van der Waals surface area contributed by atoms with Gasteiger partial charge in [0.1, 0.15) is 5.75 Å². The average molecular weight is 326 g/mol. The van der Waals surface area contributed by atoms with Crippen LogP contribution in [0, 0.1) is 0 Å². The zero-order valence-corrected chi connectivity index (χ0v) is 11.9. The number of likely N-dealkylation sites (tertiary alicyclic amines) is 1. The van der Waals surface area contributed by atoms with Gasteiger partial charge < -0.3 is 4.74 Å². The Morgan fingerprint density at radius 2 is 1.95 bits per heavy atom. The smallest absolute Gasteiger partial charge is 0.230 e. The highest BCUT2D eigenvalue weighted by molar-refractivity contribution is 9.10. The number of ether oxygens (including phenoxy) is 1. The molecule has 6 heteroatoms. The highest BCUT2D eigenvalue weighted by Gasteiger charge is 2.30. The van der Waals surface area contributed by atoms with Gasteiger partial charge in [-0.05, 0) is 34.1 Å². The highest BCUT2D eigenvalue weighted by atomic mass is 79.9. The van der Waals surface area contributed by atoms with Gasteiger partial charge in [-0.2, -0.15) is 0 Å². The summed E-state index contributed by atoms with van der Waals surface area (Å²) in [4.78, 5) is 35.9. The molecule has 1 heterocycles. The lowest BCUT2D eigenvalue weighted by molar-refractivity contribution is -0.137. The number of Topliss-reactive ketones (excluding diaryl/α,β-unsaturated/α-hetero) is 1. The first-order chi connectivity index (χ1) is 9.02. The maximum absolute atomic E-state index is 12.0. The van der Waals surface area contributed by atoms with Crippen molar-refractivity contribution in [1.82, 2.24) is 4.90 Å². The Bertz CT molecular complexity index is 540. The van der Waals surface area contributed by atoms with Crippen LogP contribution in [-0.2, 0) is 9.59 Å². The van der Waals surface area contributed by atoms with E-state index in [1.807, 2.05) is 0 Å². The minimum absolute atomic E-state index is 0.193. The van der Waals surface area contributed by atoms with Crippen molar-refractivity contribution in [1.29, 1.82) is 0 Å². The van der Waals surface area contributed by atoms with E-state index in [0.29, 0.717) is 15.8 Å². The van der Waals surface area contributed by atoms with Gasteiger partial charge in [0, 0.05) is 18.4 Å². The van der Waals surface area contributed by atoms with Crippen LogP contribution < -0.4 is 4.74 Å². The van der Waals surface area contributed by atoms with Crippen molar-refractivity contribution in [2.45, 2.75) is 12.8 Å². The molecule has 2 amide bonds. The third-order valence-electron chi connectivity index (χ3n) is 2.93. The van der Waals surface area contributed by atoms with E-state index < -0.39 is 0 Å². The molecule has 0 atom stereocenters. The first-order valence-corrected chi connectivity index (χ1v) is 6.52. The van der Waals surface area contributed by atoms with Crippen molar-refractivity contribution < 1.29 is 19.1 Å². The minimum atomic E-state index is -0.286. The molecule has 19 heavy (non-hydrogen) atoms. The van der Waals surface area contributed by atoms with E-state index in [2.05, 4.69) is 15.9 Å². The van der Waals surface area contributed by atoms with E-state index in [1.54, 1.807) is 18.2 Å². The van der Waals surface area contributed by atoms with Gasteiger partial charge in [0.05, 0.1) is 18.1 Å². The normalized spacial score (nSPS) is 14.9. The second kappa shape index (κ2) is 5.52. The second-order valence-corrected chi connectivity index (χ2v) is 5.00. The molecule has 100 valence electrons. The average Bonchev–Trinajstić information content (AvgIpc) is 2.70. The summed E-state index contributed by atoms with van der Waals surface area (Å²) in [6.07, 6.45) is 0.386. The van der Waals surface area contributed by atoms with Gasteiger partial charge in [0.15, 0.2) is 5.78 Å². The molecular formula is C13H12BrNO4. The molecule has 2 rings (SSSR count). The Labute approximate surface area is 118 Å². The van der Waals surface area contributed by atoms with E-state index in [4.69, 9.17) is 4.74 Å². The molecule has 0 N–H and O–H groups in total. The Kier molecular flexibility index (Phi) is 3.99. The van der Waals surface area contributed by atoms with Crippen LogP contribution in [0.3, 0.4) is 0 Å². The maximum atomic E-state index is 12.0. The molecule has 0 saturated carbocycles. The predicted octanol–water partition coefficient (Wildman–Crippen LogP) is 1.79. The van der Waals surface area contributed by atoms with Crippen LogP contribution >= 0.6 is 15.9 Å². The number of hydrogen-bond acceptors (Lipinski definition) is 4. The van der Waals surface area contributed by atoms with Crippen LogP contribution in [0.4, 0.5) is 0 Å². The minimum Gasteiger partial charge on any atom is -0.496 e. The molecule has 0 radical (unpaired) electrons. The monoisotopic (exact) mass is 325 g/mol.